The highest BCUT2D eigenvalue weighted by Crippen LogP contribution is 2.23. The van der Waals surface area contributed by atoms with E-state index < -0.39 is 17.5 Å². The van der Waals surface area contributed by atoms with E-state index in [2.05, 4.69) is 10.5 Å². The van der Waals surface area contributed by atoms with E-state index in [1.54, 1.807) is 38.1 Å². The van der Waals surface area contributed by atoms with Crippen LogP contribution in [0.3, 0.4) is 0 Å². The first-order valence-corrected chi connectivity index (χ1v) is 7.85. The van der Waals surface area contributed by atoms with Crippen LogP contribution in [0.4, 0.5) is 14.5 Å². The number of benzene rings is 2. The highest BCUT2D eigenvalue weighted by molar-refractivity contribution is 6.06. The van der Waals surface area contributed by atoms with E-state index in [0.717, 1.165) is 17.7 Å². The van der Waals surface area contributed by atoms with Crippen molar-refractivity contribution in [3.8, 4) is 5.75 Å². The number of rotatable bonds is 5. The van der Waals surface area contributed by atoms with Gasteiger partial charge in [-0.2, -0.15) is 0 Å². The quantitative estimate of drug-likeness (QED) is 0.734. The molecule has 0 unspecified atom stereocenters. The Morgan fingerprint density at radius 1 is 1.19 bits per heavy atom. The Kier molecular flexibility index (Phi) is 4.97. The zero-order valence-corrected chi connectivity index (χ0v) is 14.2. The van der Waals surface area contributed by atoms with Gasteiger partial charge in [-0.3, -0.25) is 4.79 Å². The van der Waals surface area contributed by atoms with Crippen LogP contribution in [0.15, 0.2) is 47.0 Å². The molecule has 0 aliphatic rings. The molecule has 0 aliphatic heterocycles. The number of anilines is 1. The molecule has 134 valence electrons. The van der Waals surface area contributed by atoms with Crippen LogP contribution in [0, 0.1) is 25.5 Å². The number of halogens is 2. The van der Waals surface area contributed by atoms with E-state index in [1.807, 2.05) is 0 Å². The lowest BCUT2D eigenvalue weighted by Crippen LogP contribution is -2.14. The Morgan fingerprint density at radius 3 is 2.65 bits per heavy atom. The molecular formula is C19H16F2N2O3. The Hall–Kier alpha value is -3.22. The van der Waals surface area contributed by atoms with Crippen LogP contribution in [-0.2, 0) is 6.61 Å². The smallest absolute Gasteiger partial charge is 0.259 e. The van der Waals surface area contributed by atoms with Gasteiger partial charge in [-0.25, -0.2) is 8.78 Å². The van der Waals surface area contributed by atoms with Crippen molar-refractivity contribution < 1.29 is 22.8 Å². The highest BCUT2D eigenvalue weighted by Gasteiger charge is 2.16. The van der Waals surface area contributed by atoms with Crippen LogP contribution in [0.2, 0.25) is 0 Å². The lowest BCUT2D eigenvalue weighted by Gasteiger charge is -2.12. The third-order valence-corrected chi connectivity index (χ3v) is 3.86. The van der Waals surface area contributed by atoms with Crippen molar-refractivity contribution in [2.24, 2.45) is 0 Å². The van der Waals surface area contributed by atoms with Crippen LogP contribution >= 0.6 is 0 Å². The maximum absolute atomic E-state index is 13.7. The van der Waals surface area contributed by atoms with Gasteiger partial charge in [-0.1, -0.05) is 17.3 Å². The summed E-state index contributed by atoms with van der Waals surface area (Å²) >= 11 is 0. The zero-order valence-electron chi connectivity index (χ0n) is 14.2. The molecule has 0 spiro atoms. The monoisotopic (exact) mass is 358 g/mol. The Balaban J connectivity index is 1.79. The summed E-state index contributed by atoms with van der Waals surface area (Å²) in [6, 6.07) is 9.51. The summed E-state index contributed by atoms with van der Waals surface area (Å²) < 4.78 is 37.6. The molecule has 2 aromatic carbocycles. The van der Waals surface area contributed by atoms with Gasteiger partial charge in [0.05, 0.1) is 22.5 Å². The molecule has 3 rings (SSSR count). The minimum Gasteiger partial charge on any atom is -0.488 e. The molecule has 0 atom stereocenters. The number of amides is 1. The molecule has 1 N–H and O–H groups in total. The Labute approximate surface area is 148 Å². The molecule has 0 bridgehead atoms. The van der Waals surface area contributed by atoms with E-state index in [1.165, 1.54) is 0 Å². The van der Waals surface area contributed by atoms with Crippen molar-refractivity contribution in [2.75, 3.05) is 5.32 Å². The number of hydrogen-bond donors (Lipinski definition) is 1. The number of para-hydroxylation sites is 1. The van der Waals surface area contributed by atoms with Crippen LogP contribution in [0.5, 0.6) is 5.75 Å². The van der Waals surface area contributed by atoms with Crippen molar-refractivity contribution in [3.05, 3.63) is 76.7 Å². The largest absolute Gasteiger partial charge is 0.488 e. The van der Waals surface area contributed by atoms with Gasteiger partial charge >= 0.3 is 0 Å². The number of aromatic nitrogens is 1. The fourth-order valence-corrected chi connectivity index (χ4v) is 2.42. The zero-order chi connectivity index (χ0) is 18.7. The molecule has 0 saturated heterocycles. The van der Waals surface area contributed by atoms with Gasteiger partial charge in [0.1, 0.15) is 29.8 Å². The third-order valence-electron chi connectivity index (χ3n) is 3.86. The molecule has 0 saturated carbocycles. The maximum Gasteiger partial charge on any atom is 0.259 e. The molecule has 0 fully saturated rings. The van der Waals surface area contributed by atoms with Gasteiger partial charge in [-0.15, -0.1) is 0 Å². The normalized spacial score (nSPS) is 10.6. The van der Waals surface area contributed by atoms with Crippen LogP contribution in [-0.4, -0.2) is 11.1 Å². The average molecular weight is 358 g/mol. The van der Waals surface area contributed by atoms with Gasteiger partial charge in [0.2, 0.25) is 0 Å². The summed E-state index contributed by atoms with van der Waals surface area (Å²) in [7, 11) is 0. The molecule has 1 heterocycles. The SMILES string of the molecule is Cc1noc(C)c1COc1ccccc1C(=O)Nc1ccc(F)cc1F. The predicted molar refractivity (Wildman–Crippen MR) is 91.1 cm³/mol. The Morgan fingerprint density at radius 2 is 1.96 bits per heavy atom. The molecule has 5 nitrogen and oxygen atoms in total. The first kappa shape index (κ1) is 17.6. The van der Waals surface area contributed by atoms with Crippen LogP contribution in [0.1, 0.15) is 27.4 Å². The lowest BCUT2D eigenvalue weighted by atomic mass is 10.1. The number of hydrogen-bond acceptors (Lipinski definition) is 4. The second kappa shape index (κ2) is 7.35. The molecular weight excluding hydrogens is 342 g/mol. The summed E-state index contributed by atoms with van der Waals surface area (Å²) in [5, 5.41) is 6.27. The predicted octanol–water partition coefficient (Wildman–Crippen LogP) is 4.40. The molecule has 3 aromatic rings. The van der Waals surface area contributed by atoms with E-state index in [0.29, 0.717) is 23.3 Å². The van der Waals surface area contributed by atoms with Crippen molar-refractivity contribution in [1.82, 2.24) is 5.16 Å². The fraction of sp³-hybridized carbons (Fsp3) is 0.158. The van der Waals surface area contributed by atoms with Crippen molar-refractivity contribution in [1.29, 1.82) is 0 Å². The summed E-state index contributed by atoms with van der Waals surface area (Å²) in [6.45, 7) is 3.75. The third kappa shape index (κ3) is 3.72. The van der Waals surface area contributed by atoms with E-state index >= 15 is 0 Å². The van der Waals surface area contributed by atoms with Gasteiger partial charge in [0, 0.05) is 6.07 Å². The van der Waals surface area contributed by atoms with E-state index in [9.17, 15) is 13.6 Å². The molecule has 0 aliphatic carbocycles. The summed E-state index contributed by atoms with van der Waals surface area (Å²) in [4.78, 5) is 12.5. The maximum atomic E-state index is 13.7. The first-order valence-electron chi connectivity index (χ1n) is 7.85. The number of nitrogens with one attached hydrogen (secondary N) is 1. The van der Waals surface area contributed by atoms with Crippen LogP contribution in [0.25, 0.3) is 0 Å². The van der Waals surface area contributed by atoms with Crippen molar-refractivity contribution >= 4 is 11.6 Å². The van der Waals surface area contributed by atoms with Gasteiger partial charge in [0.15, 0.2) is 0 Å². The standard InChI is InChI=1S/C19H16F2N2O3/c1-11-15(12(2)26-23-11)10-25-18-6-4-3-5-14(18)19(24)22-17-8-7-13(20)9-16(17)21/h3-9H,10H2,1-2H3,(H,22,24). The summed E-state index contributed by atoms with van der Waals surface area (Å²) in [5.74, 6) is -1.17. The summed E-state index contributed by atoms with van der Waals surface area (Å²) in [5.41, 5.74) is 1.61. The second-order valence-corrected chi connectivity index (χ2v) is 5.67. The van der Waals surface area contributed by atoms with Crippen LogP contribution < -0.4 is 10.1 Å². The van der Waals surface area contributed by atoms with Gasteiger partial charge in [0.25, 0.3) is 5.91 Å². The lowest BCUT2D eigenvalue weighted by molar-refractivity contribution is 0.102. The highest BCUT2D eigenvalue weighted by atomic mass is 19.1. The fourth-order valence-electron chi connectivity index (χ4n) is 2.42. The number of nitrogens with zero attached hydrogens (tertiary/aromatic N) is 1. The molecule has 1 aromatic heterocycles. The van der Waals surface area contributed by atoms with Crippen molar-refractivity contribution in [2.45, 2.75) is 20.5 Å². The molecule has 1 amide bonds. The average Bonchev–Trinajstić information content (AvgIpc) is 2.94. The minimum absolute atomic E-state index is 0.114. The molecule has 7 heteroatoms. The summed E-state index contributed by atoms with van der Waals surface area (Å²) in [6.07, 6.45) is 0. The minimum atomic E-state index is -0.854. The van der Waals surface area contributed by atoms with E-state index in [-0.39, 0.29) is 17.9 Å². The van der Waals surface area contributed by atoms with Gasteiger partial charge in [-0.05, 0) is 38.1 Å². The second-order valence-electron chi connectivity index (χ2n) is 5.67. The number of carbonyl (C=O) groups excluding carboxylic acids is 1. The number of aryl methyl sites for hydroxylation is 2. The molecule has 26 heavy (non-hydrogen) atoms. The van der Waals surface area contributed by atoms with Gasteiger partial charge < -0.3 is 14.6 Å². The van der Waals surface area contributed by atoms with E-state index in [4.69, 9.17) is 9.26 Å². The molecule has 0 radical (unpaired) electrons. The number of ether oxygens (including phenoxy) is 1. The topological polar surface area (TPSA) is 64.4 Å². The number of carbonyl (C=O) groups is 1. The first-order chi connectivity index (χ1) is 12.5. The Bertz CT molecular complexity index is 934. The van der Waals surface area contributed by atoms with Crippen molar-refractivity contribution in [3.63, 3.8) is 0 Å².